The van der Waals surface area contributed by atoms with Gasteiger partial charge in [-0.2, -0.15) is 4.31 Å². The Hall–Kier alpha value is -1.17. The van der Waals surface area contributed by atoms with Gasteiger partial charge in [0.2, 0.25) is 0 Å². The SMILES string of the molecule is CCc1ccc(NC(N)=NCc2ccc(S(=O)(=O)N3CCCCC3)s2)cc1.I. The summed E-state index contributed by atoms with van der Waals surface area (Å²) in [5, 5.41) is 3.06. The molecule has 0 radical (unpaired) electrons. The summed E-state index contributed by atoms with van der Waals surface area (Å²) in [6.45, 7) is 3.69. The largest absolute Gasteiger partial charge is 0.370 e. The minimum Gasteiger partial charge on any atom is -0.370 e. The van der Waals surface area contributed by atoms with Gasteiger partial charge in [0, 0.05) is 23.7 Å². The molecule has 0 amide bonds. The molecule has 1 aromatic carbocycles. The van der Waals surface area contributed by atoms with E-state index >= 15 is 0 Å². The van der Waals surface area contributed by atoms with Gasteiger partial charge in [0.25, 0.3) is 10.0 Å². The van der Waals surface area contributed by atoms with Crippen LogP contribution in [0.25, 0.3) is 0 Å². The van der Waals surface area contributed by atoms with E-state index < -0.39 is 10.0 Å². The highest BCUT2D eigenvalue weighted by Crippen LogP contribution is 2.27. The molecule has 0 saturated carbocycles. The van der Waals surface area contributed by atoms with Gasteiger partial charge >= 0.3 is 0 Å². The molecule has 0 spiro atoms. The van der Waals surface area contributed by atoms with Crippen molar-refractivity contribution >= 4 is 57.0 Å². The van der Waals surface area contributed by atoms with E-state index in [4.69, 9.17) is 5.73 Å². The molecular weight excluding hydrogens is 507 g/mol. The average molecular weight is 534 g/mol. The van der Waals surface area contributed by atoms with Gasteiger partial charge in [-0.3, -0.25) is 0 Å². The Morgan fingerprint density at radius 3 is 2.46 bits per heavy atom. The number of nitrogens with two attached hydrogens (primary N) is 1. The van der Waals surface area contributed by atoms with E-state index in [0.717, 1.165) is 36.2 Å². The van der Waals surface area contributed by atoms with Crippen LogP contribution < -0.4 is 11.1 Å². The molecule has 1 aromatic heterocycles. The number of benzene rings is 1. The molecule has 0 atom stereocenters. The number of halogens is 1. The zero-order valence-corrected chi connectivity index (χ0v) is 19.9. The van der Waals surface area contributed by atoms with E-state index in [-0.39, 0.29) is 24.0 Å². The van der Waals surface area contributed by atoms with Crippen molar-refractivity contribution in [3.05, 3.63) is 46.8 Å². The predicted molar refractivity (Wildman–Crippen MR) is 127 cm³/mol. The van der Waals surface area contributed by atoms with Crippen LogP contribution in [0.3, 0.4) is 0 Å². The first-order chi connectivity index (χ1) is 13.0. The van der Waals surface area contributed by atoms with Gasteiger partial charge in [0.05, 0.1) is 6.54 Å². The molecule has 0 bridgehead atoms. The minimum absolute atomic E-state index is 0. The van der Waals surface area contributed by atoms with Crippen molar-refractivity contribution in [1.29, 1.82) is 0 Å². The standard InChI is InChI=1S/C19H26N4O2S2.HI/c1-2-15-6-8-16(9-7-15)22-19(20)21-14-17-10-11-18(26-17)27(24,25)23-12-4-3-5-13-23;/h6-11H,2-5,12-14H2,1H3,(H3,20,21,22);1H. The maximum absolute atomic E-state index is 12.7. The Bertz CT molecular complexity index is 889. The third kappa shape index (κ3) is 5.91. The van der Waals surface area contributed by atoms with E-state index in [0.29, 0.717) is 29.8 Å². The van der Waals surface area contributed by atoms with Crippen LogP contribution in [0.2, 0.25) is 0 Å². The van der Waals surface area contributed by atoms with E-state index in [1.165, 1.54) is 16.9 Å². The molecule has 0 unspecified atom stereocenters. The van der Waals surface area contributed by atoms with Crippen molar-refractivity contribution in [3.8, 4) is 0 Å². The molecule has 9 heteroatoms. The number of anilines is 1. The second kappa shape index (κ2) is 10.6. The smallest absolute Gasteiger partial charge is 0.252 e. The topological polar surface area (TPSA) is 87.8 Å². The second-order valence-corrected chi connectivity index (χ2v) is 9.90. The van der Waals surface area contributed by atoms with Crippen LogP contribution in [0.1, 0.15) is 36.6 Å². The van der Waals surface area contributed by atoms with Crippen LogP contribution in [0.4, 0.5) is 5.69 Å². The van der Waals surface area contributed by atoms with Gasteiger partial charge in [-0.15, -0.1) is 35.3 Å². The Morgan fingerprint density at radius 1 is 1.14 bits per heavy atom. The molecule has 28 heavy (non-hydrogen) atoms. The molecule has 2 aromatic rings. The highest BCUT2D eigenvalue weighted by Gasteiger charge is 2.27. The molecule has 1 aliphatic heterocycles. The normalized spacial score (nSPS) is 15.8. The lowest BCUT2D eigenvalue weighted by Crippen LogP contribution is -2.35. The monoisotopic (exact) mass is 534 g/mol. The zero-order valence-electron chi connectivity index (χ0n) is 15.9. The van der Waals surface area contributed by atoms with Gasteiger partial charge in [-0.05, 0) is 49.1 Å². The van der Waals surface area contributed by atoms with E-state index in [1.807, 2.05) is 30.3 Å². The maximum Gasteiger partial charge on any atom is 0.252 e. The minimum atomic E-state index is -3.38. The fraction of sp³-hybridized carbons (Fsp3) is 0.421. The third-order valence-corrected chi connectivity index (χ3v) is 8.02. The Morgan fingerprint density at radius 2 is 1.82 bits per heavy atom. The molecule has 154 valence electrons. The third-order valence-electron chi connectivity index (χ3n) is 4.59. The Balaban J connectivity index is 0.00000280. The molecule has 1 fully saturated rings. The summed E-state index contributed by atoms with van der Waals surface area (Å²) in [5.74, 6) is 0.313. The number of aryl methyl sites for hydroxylation is 1. The first-order valence-corrected chi connectivity index (χ1v) is 11.5. The molecule has 1 saturated heterocycles. The molecule has 2 heterocycles. The van der Waals surface area contributed by atoms with Crippen LogP contribution in [0.15, 0.2) is 45.6 Å². The van der Waals surface area contributed by atoms with Gasteiger partial charge in [-0.1, -0.05) is 25.5 Å². The highest BCUT2D eigenvalue weighted by atomic mass is 127. The average Bonchev–Trinajstić information content (AvgIpc) is 3.18. The molecule has 6 nitrogen and oxygen atoms in total. The van der Waals surface area contributed by atoms with Gasteiger partial charge in [0.1, 0.15) is 4.21 Å². The number of hydrogen-bond acceptors (Lipinski definition) is 4. The molecular formula is C19H27IN4O2S2. The predicted octanol–water partition coefficient (Wildman–Crippen LogP) is 4.03. The number of aliphatic imine (C=N–C) groups is 1. The zero-order chi connectivity index (χ0) is 19.3. The summed E-state index contributed by atoms with van der Waals surface area (Å²) in [7, 11) is -3.38. The molecule has 1 aliphatic rings. The van der Waals surface area contributed by atoms with Crippen molar-refractivity contribution in [2.24, 2.45) is 10.7 Å². The number of piperidine rings is 1. The van der Waals surface area contributed by atoms with Crippen molar-refractivity contribution in [1.82, 2.24) is 4.31 Å². The van der Waals surface area contributed by atoms with Gasteiger partial charge in [-0.25, -0.2) is 13.4 Å². The maximum atomic E-state index is 12.7. The quantitative estimate of drug-likeness (QED) is 0.333. The molecule has 0 aliphatic carbocycles. The van der Waals surface area contributed by atoms with E-state index in [2.05, 4.69) is 17.2 Å². The molecule has 3 rings (SSSR count). The molecule has 3 N–H and O–H groups in total. The lowest BCUT2D eigenvalue weighted by molar-refractivity contribution is 0.347. The van der Waals surface area contributed by atoms with Gasteiger partial charge < -0.3 is 11.1 Å². The van der Waals surface area contributed by atoms with Crippen molar-refractivity contribution in [2.45, 2.75) is 43.4 Å². The summed E-state index contributed by atoms with van der Waals surface area (Å²) in [4.78, 5) is 5.20. The fourth-order valence-corrected chi connectivity index (χ4v) is 5.94. The van der Waals surface area contributed by atoms with E-state index in [9.17, 15) is 8.42 Å². The summed E-state index contributed by atoms with van der Waals surface area (Å²) in [6, 6.07) is 11.5. The summed E-state index contributed by atoms with van der Waals surface area (Å²) >= 11 is 1.27. The Kier molecular flexibility index (Phi) is 8.72. The fourth-order valence-electron chi connectivity index (χ4n) is 2.99. The van der Waals surface area contributed by atoms with E-state index in [1.54, 1.807) is 10.4 Å². The van der Waals surface area contributed by atoms with Gasteiger partial charge in [0.15, 0.2) is 5.96 Å². The number of sulfonamides is 1. The highest BCUT2D eigenvalue weighted by molar-refractivity contribution is 14.0. The number of rotatable bonds is 6. The van der Waals surface area contributed by atoms with Crippen LogP contribution in [-0.4, -0.2) is 31.8 Å². The lowest BCUT2D eigenvalue weighted by Gasteiger charge is -2.25. The summed E-state index contributed by atoms with van der Waals surface area (Å²) < 4.78 is 27.4. The summed E-state index contributed by atoms with van der Waals surface area (Å²) in [6.07, 6.45) is 3.96. The first kappa shape index (κ1) is 23.1. The van der Waals surface area contributed by atoms with Crippen molar-refractivity contribution in [2.75, 3.05) is 18.4 Å². The Labute approximate surface area is 188 Å². The lowest BCUT2D eigenvalue weighted by atomic mass is 10.1. The first-order valence-electron chi connectivity index (χ1n) is 9.24. The van der Waals surface area contributed by atoms with Crippen molar-refractivity contribution in [3.63, 3.8) is 0 Å². The van der Waals surface area contributed by atoms with Crippen LogP contribution in [0.5, 0.6) is 0 Å². The number of hydrogen-bond donors (Lipinski definition) is 2. The number of nitrogens with one attached hydrogen (secondary N) is 1. The number of nitrogens with zero attached hydrogens (tertiary/aromatic N) is 2. The number of guanidine groups is 1. The van der Waals surface area contributed by atoms with Crippen molar-refractivity contribution < 1.29 is 8.42 Å². The number of thiophene rings is 1. The second-order valence-electron chi connectivity index (χ2n) is 6.56. The summed E-state index contributed by atoms with van der Waals surface area (Å²) in [5.41, 5.74) is 8.09. The van der Waals surface area contributed by atoms with Crippen LogP contribution >= 0.6 is 35.3 Å². The van der Waals surface area contributed by atoms with Crippen LogP contribution in [-0.2, 0) is 23.0 Å². The van der Waals surface area contributed by atoms with Crippen LogP contribution in [0, 0.1) is 0 Å².